The molecule has 0 unspecified atom stereocenters. The van der Waals surface area contributed by atoms with Gasteiger partial charge in [-0.25, -0.2) is 0 Å². The molecule has 0 radical (unpaired) electrons. The number of nitrogens with zero attached hydrogens (tertiary/aromatic N) is 2. The van der Waals surface area contributed by atoms with Gasteiger partial charge in [-0.1, -0.05) is 0 Å². The van der Waals surface area contributed by atoms with Crippen molar-refractivity contribution in [2.24, 2.45) is 0 Å². The first-order chi connectivity index (χ1) is 22.4. The molecule has 0 fully saturated rings. The zero-order chi connectivity index (χ0) is 30.8. The molecule has 0 saturated heterocycles. The summed E-state index contributed by atoms with van der Waals surface area (Å²) >= 11 is 12.8. The first-order valence-corrected chi connectivity index (χ1v) is 19.5. The lowest BCUT2D eigenvalue weighted by Crippen LogP contribution is -2.25. The predicted octanol–water partition coefficient (Wildman–Crippen LogP) is 11.2. The predicted molar refractivity (Wildman–Crippen MR) is 195 cm³/mol. The summed E-state index contributed by atoms with van der Waals surface area (Å²) < 4.78 is 14.7. The number of thioether (sulfide) groups is 1. The monoisotopic (exact) mass is 770 g/mol. The number of carbonyl (C=O) groups excluding carboxylic acids is 2. The summed E-state index contributed by atoms with van der Waals surface area (Å²) in [6.07, 6.45) is 7.48. The molecule has 5 aromatic rings. The van der Waals surface area contributed by atoms with Crippen molar-refractivity contribution < 1.29 is 14.0 Å². The lowest BCUT2D eigenvalue weighted by molar-refractivity contribution is -0.122. The highest BCUT2D eigenvalue weighted by Gasteiger charge is 2.50. The maximum absolute atomic E-state index is 14.1. The molecule has 220 valence electrons. The number of halogens is 2. The summed E-state index contributed by atoms with van der Waals surface area (Å²) in [6.45, 7) is 0. The minimum Gasteiger partial charge on any atom is -0.281 e. The maximum Gasteiger partial charge on any atom is 0.265 e. The molecule has 5 aromatic heterocycles. The van der Waals surface area contributed by atoms with Crippen LogP contribution in [0.5, 0.6) is 0 Å². The number of hydrogen-bond donors (Lipinski definition) is 0. The van der Waals surface area contributed by atoms with Gasteiger partial charge in [-0.2, -0.15) is 4.39 Å². The summed E-state index contributed by atoms with van der Waals surface area (Å²) in [7, 11) is 0. The number of rotatable bonds is 4. The maximum atomic E-state index is 14.1. The molecule has 0 spiro atoms. The average molecular weight is 772 g/mol. The standard InChI is InChI=1S/C34H12BrFN2O2S6/c35-25-7-5-19(43-25)17-1-3-21(41-17)23-13-15-9-11-37-29(31(15)45-23)27-28(34(37)40)30-32-16(10-12-38(30)33(27)39)14-24(46-32)22-4-2-18(42-22)20-6-8-26(36)44-20/h1-5,7,9-14H. The van der Waals surface area contributed by atoms with Gasteiger partial charge in [0, 0.05) is 41.7 Å². The van der Waals surface area contributed by atoms with E-state index in [9.17, 15) is 14.0 Å². The third-order valence-electron chi connectivity index (χ3n) is 8.03. The Labute approximate surface area is 293 Å². The van der Waals surface area contributed by atoms with E-state index in [4.69, 9.17) is 0 Å². The second kappa shape index (κ2) is 9.98. The molecule has 2 amide bonds. The van der Waals surface area contributed by atoms with Crippen molar-refractivity contribution in [3.8, 4) is 29.3 Å². The average Bonchev–Trinajstić information content (AvgIpc) is 3.88. The molecule has 0 atom stereocenters. The fraction of sp³-hybridized carbons (Fsp3) is 0. The molecule has 0 aromatic carbocycles. The smallest absolute Gasteiger partial charge is 0.265 e. The van der Waals surface area contributed by atoms with E-state index in [2.05, 4.69) is 63.8 Å². The van der Waals surface area contributed by atoms with Crippen molar-refractivity contribution in [1.29, 1.82) is 0 Å². The molecule has 46 heavy (non-hydrogen) atoms. The lowest BCUT2D eigenvalue weighted by atomic mass is 10.0. The lowest BCUT2D eigenvalue weighted by Gasteiger charge is -2.24. The van der Waals surface area contributed by atoms with Gasteiger partial charge in [-0.05, 0) is 111 Å². The SMILES string of the molecule is O=C1C2=C3c4sc(-c5ccc(-c6ccc(Br)s6)s5)cc4C=CN3C(=O)C2=C2c3sc(-c4ccc(C5=C=C=C(F)S5)s4)cc3C=CN12. The molecular formula is C34H12BrFN2O2S6. The highest BCUT2D eigenvalue weighted by molar-refractivity contribution is 9.11. The van der Waals surface area contributed by atoms with Crippen LogP contribution in [0.1, 0.15) is 25.8 Å². The Bertz CT molecular complexity index is 2520. The van der Waals surface area contributed by atoms with Crippen LogP contribution < -0.4 is 0 Å². The van der Waals surface area contributed by atoms with Crippen LogP contribution >= 0.6 is 84.4 Å². The first-order valence-electron chi connectivity index (χ1n) is 13.8. The highest BCUT2D eigenvalue weighted by atomic mass is 79.9. The molecule has 10 heterocycles. The second-order valence-corrected chi connectivity index (χ2v) is 18.3. The van der Waals surface area contributed by atoms with Crippen molar-refractivity contribution in [2.75, 3.05) is 0 Å². The van der Waals surface area contributed by atoms with Gasteiger partial charge in [-0.15, -0.1) is 56.7 Å². The Kier molecular flexibility index (Phi) is 5.98. The summed E-state index contributed by atoms with van der Waals surface area (Å²) in [5.41, 5.74) is 9.58. The van der Waals surface area contributed by atoms with E-state index >= 15 is 0 Å². The van der Waals surface area contributed by atoms with Crippen LogP contribution in [-0.4, -0.2) is 21.6 Å². The van der Waals surface area contributed by atoms with Crippen LogP contribution in [0.25, 0.3) is 57.7 Å². The van der Waals surface area contributed by atoms with Crippen molar-refractivity contribution >= 4 is 125 Å². The largest absolute Gasteiger partial charge is 0.281 e. The molecule has 10 rings (SSSR count). The van der Waals surface area contributed by atoms with Crippen LogP contribution in [0.2, 0.25) is 0 Å². The van der Waals surface area contributed by atoms with Crippen LogP contribution in [0, 0.1) is 0 Å². The quantitative estimate of drug-likeness (QED) is 0.171. The highest BCUT2D eigenvalue weighted by Crippen LogP contribution is 2.55. The Morgan fingerprint density at radius 2 is 1.11 bits per heavy atom. The molecule has 5 aliphatic rings. The third-order valence-corrected chi connectivity index (χ3v) is 15.7. The number of amides is 2. The number of fused-ring (bicyclic) bond motifs is 7. The molecular weight excluding hydrogens is 760 g/mol. The van der Waals surface area contributed by atoms with E-state index in [1.807, 2.05) is 24.3 Å². The molecule has 0 N–H and O–H groups in total. The number of hydrogen-bond acceptors (Lipinski definition) is 8. The second-order valence-electron chi connectivity index (χ2n) is 10.6. The van der Waals surface area contributed by atoms with E-state index in [1.54, 1.807) is 78.9 Å². The van der Waals surface area contributed by atoms with Crippen LogP contribution in [0.3, 0.4) is 0 Å². The topological polar surface area (TPSA) is 40.6 Å². The van der Waals surface area contributed by atoms with E-state index in [0.29, 0.717) is 22.5 Å². The number of carbonyl (C=O) groups is 2. The van der Waals surface area contributed by atoms with Crippen molar-refractivity contribution in [3.05, 3.63) is 118 Å². The Morgan fingerprint density at radius 1 is 0.609 bits per heavy atom. The van der Waals surface area contributed by atoms with Gasteiger partial charge >= 0.3 is 0 Å². The van der Waals surface area contributed by atoms with Gasteiger partial charge in [0.05, 0.1) is 45.9 Å². The summed E-state index contributed by atoms with van der Waals surface area (Å²) in [6, 6.07) is 16.7. The summed E-state index contributed by atoms with van der Waals surface area (Å²) in [5.74, 6) is -0.369. The zero-order valence-corrected chi connectivity index (χ0v) is 29.3. The van der Waals surface area contributed by atoms with Gasteiger partial charge in [0.15, 0.2) is 0 Å². The molecule has 0 saturated carbocycles. The zero-order valence-electron chi connectivity index (χ0n) is 22.8. The first kappa shape index (κ1) is 27.6. The molecule has 0 aliphatic carbocycles. The minimum absolute atomic E-state index is 0.185. The van der Waals surface area contributed by atoms with Gasteiger partial charge in [0.25, 0.3) is 11.8 Å². The Balaban J connectivity index is 1.06. The van der Waals surface area contributed by atoms with Crippen molar-refractivity contribution in [3.63, 3.8) is 0 Å². The molecule has 0 bridgehead atoms. The molecule has 12 heteroatoms. The third kappa shape index (κ3) is 3.94. The normalized spacial score (nSPS) is 17.3. The van der Waals surface area contributed by atoms with Gasteiger partial charge in [0.1, 0.15) is 0 Å². The van der Waals surface area contributed by atoms with Gasteiger partial charge in [-0.3, -0.25) is 19.4 Å². The molecule has 4 nitrogen and oxygen atoms in total. The van der Waals surface area contributed by atoms with Crippen LogP contribution in [0.4, 0.5) is 4.39 Å². The van der Waals surface area contributed by atoms with E-state index in [1.165, 1.54) is 9.75 Å². The minimum atomic E-state index is -0.382. The van der Waals surface area contributed by atoms with Crippen LogP contribution in [0.15, 0.2) is 92.5 Å². The Hall–Kier alpha value is -3.54. The van der Waals surface area contributed by atoms with E-state index in [-0.39, 0.29) is 17.0 Å². The fourth-order valence-electron chi connectivity index (χ4n) is 6.05. The van der Waals surface area contributed by atoms with Gasteiger partial charge < -0.3 is 0 Å². The van der Waals surface area contributed by atoms with Crippen molar-refractivity contribution in [2.45, 2.75) is 0 Å². The van der Waals surface area contributed by atoms with Crippen molar-refractivity contribution in [1.82, 2.24) is 9.80 Å². The fourth-order valence-corrected chi connectivity index (χ4v) is 12.8. The van der Waals surface area contributed by atoms with E-state index in [0.717, 1.165) is 65.7 Å². The van der Waals surface area contributed by atoms with E-state index < -0.39 is 0 Å². The molecule has 5 aliphatic heterocycles. The number of thiophene rings is 5. The van der Waals surface area contributed by atoms with Crippen LogP contribution in [-0.2, 0) is 9.59 Å². The Morgan fingerprint density at radius 3 is 1.63 bits per heavy atom. The van der Waals surface area contributed by atoms with Gasteiger partial charge in [0.2, 0.25) is 5.16 Å². The summed E-state index contributed by atoms with van der Waals surface area (Å²) in [4.78, 5) is 41.6. The summed E-state index contributed by atoms with van der Waals surface area (Å²) in [5, 5.41) is -0.382.